The molecule has 1 saturated heterocycles. The lowest BCUT2D eigenvalue weighted by atomic mass is 10.1. The number of anilines is 1. The molecule has 1 aromatic heterocycles. The summed E-state index contributed by atoms with van der Waals surface area (Å²) < 4.78 is 27.4. The maximum Gasteiger partial charge on any atom is 0.241 e. The Kier molecular flexibility index (Phi) is 5.51. The molecule has 0 spiro atoms. The van der Waals surface area contributed by atoms with Crippen LogP contribution in [0.25, 0.3) is 0 Å². The van der Waals surface area contributed by atoms with Crippen LogP contribution in [0.1, 0.15) is 26.2 Å². The van der Waals surface area contributed by atoms with Gasteiger partial charge in [0.05, 0.1) is 4.90 Å². The number of piperidine rings is 1. The molecule has 0 saturated carbocycles. The second-order valence-corrected chi connectivity index (χ2v) is 7.12. The summed E-state index contributed by atoms with van der Waals surface area (Å²) in [5, 5.41) is 0. The van der Waals surface area contributed by atoms with Crippen molar-refractivity contribution in [3.8, 4) is 0 Å². The molecule has 1 aliphatic heterocycles. The molecule has 118 valence electrons. The molecule has 0 amide bonds. The number of sulfonamides is 1. The minimum absolute atomic E-state index is 0.143. The maximum atomic E-state index is 12.3. The SMILES string of the molecule is CC(CN1CCCCC1)NS(=O)(=O)c1ccnc(NN)c1. The number of aromatic nitrogens is 1. The van der Waals surface area contributed by atoms with Crippen molar-refractivity contribution in [2.24, 2.45) is 5.84 Å². The zero-order valence-electron chi connectivity index (χ0n) is 12.2. The van der Waals surface area contributed by atoms with Crippen LogP contribution < -0.4 is 16.0 Å². The third-order valence-electron chi connectivity index (χ3n) is 3.53. The van der Waals surface area contributed by atoms with Crippen LogP contribution in [0, 0.1) is 0 Å². The van der Waals surface area contributed by atoms with E-state index in [9.17, 15) is 8.42 Å². The predicted molar refractivity (Wildman–Crippen MR) is 82.1 cm³/mol. The van der Waals surface area contributed by atoms with Gasteiger partial charge in [-0.25, -0.2) is 24.0 Å². The van der Waals surface area contributed by atoms with Crippen molar-refractivity contribution in [2.75, 3.05) is 25.1 Å². The summed E-state index contributed by atoms with van der Waals surface area (Å²) in [5.74, 6) is 5.57. The Hall–Kier alpha value is -1.22. The van der Waals surface area contributed by atoms with Crippen LogP contribution in [0.15, 0.2) is 23.2 Å². The van der Waals surface area contributed by atoms with Gasteiger partial charge in [-0.05, 0) is 38.9 Å². The molecule has 0 aromatic carbocycles. The second-order valence-electron chi connectivity index (χ2n) is 5.40. The lowest BCUT2D eigenvalue weighted by Gasteiger charge is -2.29. The largest absolute Gasteiger partial charge is 0.308 e. The van der Waals surface area contributed by atoms with Gasteiger partial charge in [-0.3, -0.25) is 0 Å². The van der Waals surface area contributed by atoms with E-state index in [0.29, 0.717) is 5.82 Å². The van der Waals surface area contributed by atoms with E-state index in [1.165, 1.54) is 37.6 Å². The first kappa shape index (κ1) is 16.2. The number of nitrogens with two attached hydrogens (primary N) is 1. The molecular formula is C13H23N5O2S. The van der Waals surface area contributed by atoms with Gasteiger partial charge in [0.15, 0.2) is 0 Å². The van der Waals surface area contributed by atoms with Crippen LogP contribution in [-0.2, 0) is 10.0 Å². The first-order valence-corrected chi connectivity index (χ1v) is 8.67. The van der Waals surface area contributed by atoms with Crippen molar-refractivity contribution in [3.05, 3.63) is 18.3 Å². The van der Waals surface area contributed by atoms with Crippen molar-refractivity contribution < 1.29 is 8.42 Å². The lowest BCUT2D eigenvalue weighted by Crippen LogP contribution is -2.43. The minimum atomic E-state index is -3.56. The van der Waals surface area contributed by atoms with Crippen LogP contribution in [0.5, 0.6) is 0 Å². The number of hydrogen-bond donors (Lipinski definition) is 3. The highest BCUT2D eigenvalue weighted by Crippen LogP contribution is 2.13. The first-order chi connectivity index (χ1) is 10.0. The highest BCUT2D eigenvalue weighted by atomic mass is 32.2. The predicted octanol–water partition coefficient (Wildman–Crippen LogP) is 0.520. The molecule has 0 bridgehead atoms. The fourth-order valence-electron chi connectivity index (χ4n) is 2.56. The van der Waals surface area contributed by atoms with Crippen LogP contribution in [0.3, 0.4) is 0 Å². The highest BCUT2D eigenvalue weighted by molar-refractivity contribution is 7.89. The van der Waals surface area contributed by atoms with Crippen LogP contribution in [0.2, 0.25) is 0 Å². The monoisotopic (exact) mass is 313 g/mol. The van der Waals surface area contributed by atoms with E-state index in [1.807, 2.05) is 6.92 Å². The lowest BCUT2D eigenvalue weighted by molar-refractivity contribution is 0.215. The van der Waals surface area contributed by atoms with E-state index >= 15 is 0 Å². The Morgan fingerprint density at radius 1 is 1.38 bits per heavy atom. The fourth-order valence-corrected chi connectivity index (χ4v) is 3.80. The van der Waals surface area contributed by atoms with Crippen LogP contribution in [-0.4, -0.2) is 44.0 Å². The number of nitrogens with zero attached hydrogens (tertiary/aromatic N) is 2. The first-order valence-electron chi connectivity index (χ1n) is 7.18. The van der Waals surface area contributed by atoms with Gasteiger partial charge >= 0.3 is 0 Å². The zero-order valence-corrected chi connectivity index (χ0v) is 13.1. The van der Waals surface area contributed by atoms with Gasteiger partial charge in [-0.1, -0.05) is 6.42 Å². The number of rotatable bonds is 6. The Labute approximate surface area is 125 Å². The Morgan fingerprint density at radius 3 is 2.76 bits per heavy atom. The summed E-state index contributed by atoms with van der Waals surface area (Å²) in [6.07, 6.45) is 5.06. The highest BCUT2D eigenvalue weighted by Gasteiger charge is 2.20. The molecule has 0 radical (unpaired) electrons. The van der Waals surface area contributed by atoms with Gasteiger partial charge < -0.3 is 10.3 Å². The fraction of sp³-hybridized carbons (Fsp3) is 0.615. The Morgan fingerprint density at radius 2 is 2.10 bits per heavy atom. The molecule has 21 heavy (non-hydrogen) atoms. The van der Waals surface area contributed by atoms with Crippen molar-refractivity contribution in [2.45, 2.75) is 37.1 Å². The summed E-state index contributed by atoms with van der Waals surface area (Å²) in [6.45, 7) is 4.70. The van der Waals surface area contributed by atoms with E-state index in [-0.39, 0.29) is 10.9 Å². The summed E-state index contributed by atoms with van der Waals surface area (Å²) in [4.78, 5) is 6.37. The third-order valence-corrected chi connectivity index (χ3v) is 5.11. The van der Waals surface area contributed by atoms with Crippen molar-refractivity contribution in [3.63, 3.8) is 0 Å². The van der Waals surface area contributed by atoms with Gasteiger partial charge in [0, 0.05) is 24.8 Å². The molecule has 0 aliphatic carbocycles. The summed E-state index contributed by atoms with van der Waals surface area (Å²) in [7, 11) is -3.56. The quantitative estimate of drug-likeness (QED) is 0.523. The molecule has 1 atom stereocenters. The van der Waals surface area contributed by atoms with E-state index < -0.39 is 10.0 Å². The Balaban J connectivity index is 1.98. The number of hydrazine groups is 1. The molecule has 1 fully saturated rings. The van der Waals surface area contributed by atoms with E-state index in [4.69, 9.17) is 5.84 Å². The molecule has 2 heterocycles. The second kappa shape index (κ2) is 7.17. The van der Waals surface area contributed by atoms with Crippen LogP contribution >= 0.6 is 0 Å². The van der Waals surface area contributed by atoms with Gasteiger partial charge in [0.2, 0.25) is 10.0 Å². The van der Waals surface area contributed by atoms with E-state index in [2.05, 4.69) is 20.0 Å². The zero-order chi connectivity index (χ0) is 15.3. The van der Waals surface area contributed by atoms with Crippen molar-refractivity contribution >= 4 is 15.8 Å². The standard InChI is InChI=1S/C13H23N5O2S/c1-11(10-18-7-3-2-4-8-18)17-21(19,20)12-5-6-15-13(9-12)16-14/h5-6,9,11,17H,2-4,7-8,10,14H2,1H3,(H,15,16). The summed E-state index contributed by atoms with van der Waals surface area (Å²) >= 11 is 0. The van der Waals surface area contributed by atoms with E-state index in [1.54, 1.807) is 0 Å². The molecular weight excluding hydrogens is 290 g/mol. The summed E-state index contributed by atoms with van der Waals surface area (Å²) in [5.41, 5.74) is 2.35. The molecule has 1 aliphatic rings. The smallest absolute Gasteiger partial charge is 0.241 e. The maximum absolute atomic E-state index is 12.3. The minimum Gasteiger partial charge on any atom is -0.308 e. The molecule has 8 heteroatoms. The van der Waals surface area contributed by atoms with Gasteiger partial charge in [-0.2, -0.15) is 0 Å². The Bertz CT molecular complexity index is 557. The van der Waals surface area contributed by atoms with Gasteiger partial charge in [-0.15, -0.1) is 0 Å². The molecule has 4 N–H and O–H groups in total. The average Bonchev–Trinajstić information content (AvgIpc) is 2.47. The number of nitrogens with one attached hydrogen (secondary N) is 2. The topological polar surface area (TPSA) is 100 Å². The molecule has 2 rings (SSSR count). The summed E-state index contributed by atoms with van der Waals surface area (Å²) in [6, 6.07) is 2.72. The van der Waals surface area contributed by atoms with Crippen LogP contribution in [0.4, 0.5) is 5.82 Å². The number of nitrogen functional groups attached to an aromatic ring is 1. The molecule has 1 aromatic rings. The van der Waals surface area contributed by atoms with Crippen molar-refractivity contribution in [1.82, 2.24) is 14.6 Å². The number of pyridine rings is 1. The average molecular weight is 313 g/mol. The third kappa shape index (κ3) is 4.63. The van der Waals surface area contributed by atoms with Crippen molar-refractivity contribution in [1.29, 1.82) is 0 Å². The number of hydrogen-bond acceptors (Lipinski definition) is 6. The van der Waals surface area contributed by atoms with Gasteiger partial charge in [0.1, 0.15) is 5.82 Å². The normalized spacial score (nSPS) is 18.4. The molecule has 1 unspecified atom stereocenters. The number of likely N-dealkylation sites (tertiary alicyclic amines) is 1. The van der Waals surface area contributed by atoms with Gasteiger partial charge in [0.25, 0.3) is 0 Å². The van der Waals surface area contributed by atoms with E-state index in [0.717, 1.165) is 19.6 Å². The molecule has 7 nitrogen and oxygen atoms in total.